The van der Waals surface area contributed by atoms with Crippen LogP contribution in [0.5, 0.6) is 11.5 Å². The predicted molar refractivity (Wildman–Crippen MR) is 127 cm³/mol. The molecule has 0 saturated carbocycles. The van der Waals surface area contributed by atoms with Gasteiger partial charge in [0.15, 0.2) is 0 Å². The molecule has 166 valence electrons. The van der Waals surface area contributed by atoms with Crippen LogP contribution in [0.2, 0.25) is 0 Å². The number of amides is 4. The van der Waals surface area contributed by atoms with Crippen LogP contribution in [-0.2, 0) is 16.2 Å². The van der Waals surface area contributed by atoms with Crippen LogP contribution in [0, 0.1) is 0 Å². The second-order valence-corrected chi connectivity index (χ2v) is 7.97. The first-order valence-electron chi connectivity index (χ1n) is 9.98. The monoisotopic (exact) mass is 506 g/mol. The maximum atomic E-state index is 13.0. The van der Waals surface area contributed by atoms with Crippen molar-refractivity contribution in [1.29, 1.82) is 0 Å². The lowest BCUT2D eigenvalue weighted by atomic mass is 10.1. The van der Waals surface area contributed by atoms with Crippen LogP contribution < -0.4 is 19.7 Å². The molecule has 33 heavy (non-hydrogen) atoms. The highest BCUT2D eigenvalue weighted by atomic mass is 79.9. The second kappa shape index (κ2) is 9.70. The third-order valence-electron chi connectivity index (χ3n) is 4.94. The van der Waals surface area contributed by atoms with Gasteiger partial charge < -0.3 is 9.47 Å². The second-order valence-electron chi connectivity index (χ2n) is 7.12. The van der Waals surface area contributed by atoms with E-state index in [0.29, 0.717) is 33.8 Å². The minimum atomic E-state index is -0.807. The quantitative estimate of drug-likeness (QED) is 0.386. The number of methoxy groups -OCH3 is 1. The first-order valence-corrected chi connectivity index (χ1v) is 10.8. The number of nitrogens with zero attached hydrogens (tertiary/aromatic N) is 1. The average molecular weight is 507 g/mol. The van der Waals surface area contributed by atoms with Gasteiger partial charge in [-0.05, 0) is 69.5 Å². The summed E-state index contributed by atoms with van der Waals surface area (Å²) in [6, 6.07) is 20.5. The maximum absolute atomic E-state index is 13.0. The number of carbonyl (C=O) groups is 3. The molecular weight excluding hydrogens is 488 g/mol. The number of urea groups is 1. The highest BCUT2D eigenvalue weighted by Gasteiger charge is 2.36. The van der Waals surface area contributed by atoms with E-state index in [9.17, 15) is 14.4 Å². The van der Waals surface area contributed by atoms with Gasteiger partial charge in [-0.15, -0.1) is 0 Å². The largest absolute Gasteiger partial charge is 0.497 e. The van der Waals surface area contributed by atoms with E-state index in [1.54, 1.807) is 42.5 Å². The van der Waals surface area contributed by atoms with Crippen molar-refractivity contribution in [2.45, 2.75) is 6.61 Å². The molecule has 4 rings (SSSR count). The number of carbonyl (C=O) groups excluding carboxylic acids is 3. The zero-order valence-electron chi connectivity index (χ0n) is 17.6. The Labute approximate surface area is 198 Å². The zero-order valence-corrected chi connectivity index (χ0v) is 19.2. The number of imide groups is 2. The fraction of sp³-hybridized carbons (Fsp3) is 0.0800. The molecule has 1 fully saturated rings. The van der Waals surface area contributed by atoms with Crippen molar-refractivity contribution in [2.75, 3.05) is 12.0 Å². The topological polar surface area (TPSA) is 84.9 Å². The summed E-state index contributed by atoms with van der Waals surface area (Å²) in [6.07, 6.45) is 1.44. The Morgan fingerprint density at radius 1 is 0.970 bits per heavy atom. The van der Waals surface area contributed by atoms with Crippen LogP contribution in [0.4, 0.5) is 10.5 Å². The third-order valence-corrected chi connectivity index (χ3v) is 5.56. The molecule has 7 nitrogen and oxygen atoms in total. The molecular formula is C25H19BrN2O5. The van der Waals surface area contributed by atoms with Gasteiger partial charge >= 0.3 is 6.03 Å². The SMILES string of the molecule is COc1ccc(N2C(=O)NC(=O)/C(=C\c3ccc(OCc4ccccc4)c(Br)c3)C2=O)cc1. The van der Waals surface area contributed by atoms with Crippen LogP contribution in [0.15, 0.2) is 82.8 Å². The Balaban J connectivity index is 1.56. The van der Waals surface area contributed by atoms with E-state index in [1.807, 2.05) is 30.3 Å². The van der Waals surface area contributed by atoms with Crippen molar-refractivity contribution < 1.29 is 23.9 Å². The molecule has 1 aliphatic rings. The fourth-order valence-electron chi connectivity index (χ4n) is 3.25. The molecule has 3 aromatic rings. The Bertz CT molecular complexity index is 1240. The Morgan fingerprint density at radius 3 is 2.36 bits per heavy atom. The van der Waals surface area contributed by atoms with Crippen LogP contribution in [0.1, 0.15) is 11.1 Å². The minimum absolute atomic E-state index is 0.157. The molecule has 8 heteroatoms. The van der Waals surface area contributed by atoms with E-state index in [1.165, 1.54) is 13.2 Å². The lowest BCUT2D eigenvalue weighted by Crippen LogP contribution is -2.54. The molecule has 0 bridgehead atoms. The number of rotatable bonds is 6. The van der Waals surface area contributed by atoms with Gasteiger partial charge in [-0.3, -0.25) is 14.9 Å². The van der Waals surface area contributed by atoms with E-state index in [-0.39, 0.29) is 5.57 Å². The van der Waals surface area contributed by atoms with Gasteiger partial charge in [0.1, 0.15) is 23.7 Å². The van der Waals surface area contributed by atoms with Crippen LogP contribution >= 0.6 is 15.9 Å². The molecule has 3 aromatic carbocycles. The van der Waals surface area contributed by atoms with Gasteiger partial charge in [0.05, 0.1) is 17.3 Å². The van der Waals surface area contributed by atoms with Crippen molar-refractivity contribution in [3.8, 4) is 11.5 Å². The zero-order chi connectivity index (χ0) is 23.4. The van der Waals surface area contributed by atoms with Gasteiger partial charge in [0, 0.05) is 0 Å². The molecule has 0 unspecified atom stereocenters. The Hall–Kier alpha value is -3.91. The predicted octanol–water partition coefficient (Wildman–Crippen LogP) is 4.70. The molecule has 1 N–H and O–H groups in total. The lowest BCUT2D eigenvalue weighted by Gasteiger charge is -2.26. The van der Waals surface area contributed by atoms with Crippen LogP contribution in [-0.4, -0.2) is 25.0 Å². The summed E-state index contributed by atoms with van der Waals surface area (Å²) in [5.41, 5.74) is 1.79. The number of barbiturate groups is 1. The molecule has 1 saturated heterocycles. The van der Waals surface area contributed by atoms with E-state index < -0.39 is 17.8 Å². The minimum Gasteiger partial charge on any atom is -0.497 e. The van der Waals surface area contributed by atoms with Gasteiger partial charge in [0.25, 0.3) is 11.8 Å². The van der Waals surface area contributed by atoms with E-state index in [0.717, 1.165) is 10.5 Å². The number of anilines is 1. The average Bonchev–Trinajstić information content (AvgIpc) is 2.82. The van der Waals surface area contributed by atoms with E-state index >= 15 is 0 Å². The van der Waals surface area contributed by atoms with Crippen molar-refractivity contribution >= 4 is 45.5 Å². The van der Waals surface area contributed by atoms with Gasteiger partial charge in [-0.2, -0.15) is 0 Å². The molecule has 4 amide bonds. The van der Waals surface area contributed by atoms with Crippen molar-refractivity contribution in [1.82, 2.24) is 5.32 Å². The number of halogens is 1. The smallest absolute Gasteiger partial charge is 0.335 e. The summed E-state index contributed by atoms with van der Waals surface area (Å²) in [5, 5.41) is 2.21. The highest BCUT2D eigenvalue weighted by Crippen LogP contribution is 2.29. The summed E-state index contributed by atoms with van der Waals surface area (Å²) >= 11 is 3.47. The van der Waals surface area contributed by atoms with E-state index in [4.69, 9.17) is 9.47 Å². The summed E-state index contributed by atoms with van der Waals surface area (Å²) in [4.78, 5) is 38.7. The number of ether oxygens (including phenoxy) is 2. The summed E-state index contributed by atoms with van der Waals surface area (Å²) < 4.78 is 11.6. The highest BCUT2D eigenvalue weighted by molar-refractivity contribution is 9.10. The van der Waals surface area contributed by atoms with Crippen molar-refractivity contribution in [3.63, 3.8) is 0 Å². The Morgan fingerprint density at radius 2 is 1.70 bits per heavy atom. The normalized spacial score (nSPS) is 14.9. The fourth-order valence-corrected chi connectivity index (χ4v) is 3.76. The molecule has 0 aliphatic carbocycles. The van der Waals surface area contributed by atoms with E-state index in [2.05, 4.69) is 21.2 Å². The lowest BCUT2D eigenvalue weighted by molar-refractivity contribution is -0.122. The number of hydrogen-bond acceptors (Lipinski definition) is 5. The maximum Gasteiger partial charge on any atom is 0.335 e. The third kappa shape index (κ3) is 4.96. The number of nitrogens with one attached hydrogen (secondary N) is 1. The van der Waals surface area contributed by atoms with Crippen LogP contribution in [0.3, 0.4) is 0 Å². The van der Waals surface area contributed by atoms with Crippen molar-refractivity contribution in [2.24, 2.45) is 0 Å². The first-order chi connectivity index (χ1) is 16.0. The number of hydrogen-bond donors (Lipinski definition) is 1. The summed E-state index contributed by atoms with van der Waals surface area (Å²) in [7, 11) is 1.52. The molecule has 0 spiro atoms. The molecule has 0 aromatic heterocycles. The molecule has 1 heterocycles. The summed E-state index contributed by atoms with van der Waals surface area (Å²) in [5.74, 6) is -0.268. The summed E-state index contributed by atoms with van der Waals surface area (Å²) in [6.45, 7) is 0.402. The first kappa shape index (κ1) is 22.3. The van der Waals surface area contributed by atoms with Crippen LogP contribution in [0.25, 0.3) is 6.08 Å². The van der Waals surface area contributed by atoms with Crippen molar-refractivity contribution in [3.05, 3.63) is 94.0 Å². The van der Waals surface area contributed by atoms with Gasteiger partial charge in [0.2, 0.25) is 0 Å². The van der Waals surface area contributed by atoms with Gasteiger partial charge in [-0.1, -0.05) is 36.4 Å². The molecule has 0 radical (unpaired) electrons. The molecule has 1 aliphatic heterocycles. The standard InChI is InChI=1S/C25H19BrN2O5/c1-32-19-10-8-18(9-11-19)28-24(30)20(23(29)27-25(28)31)13-17-7-12-22(21(26)14-17)33-15-16-5-3-2-4-6-16/h2-14H,15H2,1H3,(H,27,29,31)/b20-13+. The molecule has 0 atom stereocenters. The van der Waals surface area contributed by atoms with Gasteiger partial charge in [-0.25, -0.2) is 9.69 Å². The number of benzene rings is 3. The Kier molecular flexibility index (Phi) is 6.55.